The second kappa shape index (κ2) is 23.6. The van der Waals surface area contributed by atoms with Gasteiger partial charge in [0.05, 0.1) is 41.2 Å². The van der Waals surface area contributed by atoms with Crippen LogP contribution in [-0.2, 0) is 20.2 Å². The molecule has 1 amide bonds. The smallest absolute Gasteiger partial charge is 0.871 e. The summed E-state index contributed by atoms with van der Waals surface area (Å²) in [6.07, 6.45) is 0. The summed E-state index contributed by atoms with van der Waals surface area (Å²) < 4.78 is 77.5. The third-order valence-corrected chi connectivity index (χ3v) is 13.4. The molecule has 0 aliphatic heterocycles. The number of aliphatic imine (C=N–C) groups is 1. The molecule has 18 nitrogen and oxygen atoms in total. The number of nitrogens with zero attached hydrogens (tertiary/aromatic N) is 5. The van der Waals surface area contributed by atoms with Gasteiger partial charge in [-0.2, -0.15) is 21.9 Å². The van der Waals surface area contributed by atoms with Crippen LogP contribution in [0.4, 0.5) is 34.1 Å². The van der Waals surface area contributed by atoms with Crippen LogP contribution in [0.3, 0.4) is 0 Å². The summed E-state index contributed by atoms with van der Waals surface area (Å²) >= 11 is 12.0. The minimum Gasteiger partial charge on any atom is -0.871 e. The molecule has 0 saturated carbocycles. The Hall–Kier alpha value is -6.41. The molecule has 8 aromatic carbocycles. The number of azo groups is 2. The standard InChI is InChI=1S/2C25H20ClN3O6S.Ba/c2*1-14-11-12-18(26)24(36(32,33)34)21(14)28-29-22-16-8-4-3-7-15(16)13-17(23(22)30)25(31)27-19-9-5-6-10-20(19)35-2;/h2*3-13,30H,1-2H3,(H,27,31)(H,32,33,34);/q;;+2/p-2. The third-order valence-electron chi connectivity index (χ3n) is 10.7. The van der Waals surface area contributed by atoms with Crippen molar-refractivity contribution in [2.75, 3.05) is 19.5 Å². The Bertz CT molecular complexity index is 3790. The zero-order valence-electron chi connectivity index (χ0n) is 38.7. The minimum absolute atomic E-state index is 0. The second-order valence-electron chi connectivity index (χ2n) is 15.3. The summed E-state index contributed by atoms with van der Waals surface area (Å²) in [5, 5.41) is 57.7. The molecule has 0 saturated heterocycles. The maximum atomic E-state index is 13.4. The van der Waals surface area contributed by atoms with E-state index in [0.717, 1.165) is 0 Å². The molecule has 8 rings (SSSR count). The molecule has 8 aromatic rings. The number of benzene rings is 8. The van der Waals surface area contributed by atoms with E-state index in [1.165, 1.54) is 50.6 Å². The van der Waals surface area contributed by atoms with Crippen molar-refractivity contribution in [3.8, 4) is 23.0 Å². The predicted molar refractivity (Wildman–Crippen MR) is 275 cm³/mol. The number of fused-ring (bicyclic) bond motifs is 2. The average Bonchev–Trinajstić information content (AvgIpc) is 3.34. The summed E-state index contributed by atoms with van der Waals surface area (Å²) in [7, 11) is -6.58. The molecule has 0 aliphatic rings. The fraction of sp³-hybridized carbons (Fsp3) is 0.0800. The van der Waals surface area contributed by atoms with Crippen LogP contribution >= 0.6 is 23.2 Å². The molecular formula is C50H38BaCl2N6O12S2. The Morgan fingerprint density at radius 3 is 1.58 bits per heavy atom. The largest absolute Gasteiger partial charge is 2.00 e. The van der Waals surface area contributed by atoms with Crippen molar-refractivity contribution in [1.29, 1.82) is 0 Å². The van der Waals surface area contributed by atoms with Crippen LogP contribution in [0.2, 0.25) is 10.0 Å². The number of amides is 1. The van der Waals surface area contributed by atoms with Gasteiger partial charge in [0.2, 0.25) is 0 Å². The first-order valence-corrected chi connectivity index (χ1v) is 24.5. The maximum absolute atomic E-state index is 13.4. The Morgan fingerprint density at radius 1 is 0.603 bits per heavy atom. The van der Waals surface area contributed by atoms with Crippen LogP contribution in [0.5, 0.6) is 23.0 Å². The number of nitrogens with one attached hydrogen (secondary N) is 1. The van der Waals surface area contributed by atoms with Gasteiger partial charge in [0.25, 0.3) is 26.1 Å². The number of hydrogen-bond acceptors (Lipinski definition) is 15. The zero-order chi connectivity index (χ0) is 52.1. The zero-order valence-corrected chi connectivity index (χ0v) is 46.3. The normalized spacial score (nSPS) is 11.9. The molecule has 73 heavy (non-hydrogen) atoms. The summed E-state index contributed by atoms with van der Waals surface area (Å²) in [6.45, 7) is 3.11. The molecule has 4 N–H and O–H groups in total. The van der Waals surface area contributed by atoms with Crippen LogP contribution in [-0.4, -0.2) is 106 Å². The number of phenolic OH excluding ortho intramolecular Hbond substituents is 1. The van der Waals surface area contributed by atoms with Gasteiger partial charge in [0.15, 0.2) is 5.75 Å². The van der Waals surface area contributed by atoms with Crippen LogP contribution in [0.1, 0.15) is 27.0 Å². The second-order valence-corrected chi connectivity index (χ2v) is 18.9. The van der Waals surface area contributed by atoms with E-state index in [2.05, 4.69) is 30.8 Å². The first-order chi connectivity index (χ1) is 34.2. The molecule has 0 spiro atoms. The third kappa shape index (κ3) is 12.5. The number of carbonyl (C=O) groups is 1. The van der Waals surface area contributed by atoms with E-state index in [0.29, 0.717) is 49.9 Å². The van der Waals surface area contributed by atoms with Gasteiger partial charge in [-0.25, -0.2) is 0 Å². The van der Waals surface area contributed by atoms with Crippen molar-refractivity contribution >= 4 is 160 Å². The SMILES string of the molecule is COc1ccccc1N=C([O-])c1cc2ccccc2c(N=Nc2c(C)ccc(Cl)c2S(=O)(=O)O)c1[O-].COc1ccccc1NC(=O)c1cc2ccccc2c(N=Nc2c(C)ccc(Cl)c2S(=O)(=O)O)c1O.[Ba+2]. The fourth-order valence-electron chi connectivity index (χ4n) is 7.22. The van der Waals surface area contributed by atoms with Gasteiger partial charge in [0, 0.05) is 10.8 Å². The number of hydrogen-bond donors (Lipinski definition) is 4. The Labute approximate surface area is 468 Å². The number of phenols is 1. The van der Waals surface area contributed by atoms with E-state index in [1.54, 1.807) is 111 Å². The number of halogens is 2. The molecule has 0 aliphatic carbocycles. The number of methoxy groups -OCH3 is 2. The van der Waals surface area contributed by atoms with Crippen LogP contribution < -0.4 is 25.0 Å². The van der Waals surface area contributed by atoms with E-state index in [-0.39, 0.29) is 98.5 Å². The molecule has 0 fully saturated rings. The number of anilines is 1. The summed E-state index contributed by atoms with van der Waals surface area (Å²) in [6, 6.07) is 35.5. The molecule has 368 valence electrons. The van der Waals surface area contributed by atoms with E-state index in [4.69, 9.17) is 32.7 Å². The number of para-hydroxylation sites is 4. The van der Waals surface area contributed by atoms with E-state index in [9.17, 15) is 46.1 Å². The number of carbonyl (C=O) groups excluding carboxylic acids is 1. The van der Waals surface area contributed by atoms with Crippen molar-refractivity contribution in [1.82, 2.24) is 0 Å². The van der Waals surface area contributed by atoms with E-state index >= 15 is 0 Å². The van der Waals surface area contributed by atoms with Gasteiger partial charge in [-0.1, -0.05) is 114 Å². The summed E-state index contributed by atoms with van der Waals surface area (Å²) in [4.78, 5) is 15.9. The Morgan fingerprint density at radius 2 is 1.04 bits per heavy atom. The molecule has 0 unspecified atom stereocenters. The predicted octanol–water partition coefficient (Wildman–Crippen LogP) is 11.0. The first-order valence-electron chi connectivity index (χ1n) is 20.9. The van der Waals surface area contributed by atoms with E-state index < -0.39 is 53.3 Å². The molecule has 23 heteroatoms. The Balaban J connectivity index is 0.000000235. The minimum atomic E-state index is -4.75. The van der Waals surface area contributed by atoms with Gasteiger partial charge >= 0.3 is 48.9 Å². The first kappa shape index (κ1) is 55.9. The van der Waals surface area contributed by atoms with Gasteiger partial charge < -0.3 is 30.1 Å². The van der Waals surface area contributed by atoms with Crippen LogP contribution in [0.25, 0.3) is 21.5 Å². The monoisotopic (exact) mass is 1190 g/mol. The molecular weight excluding hydrogens is 1150 g/mol. The molecule has 0 aromatic heterocycles. The van der Waals surface area contributed by atoms with Gasteiger partial charge in [0.1, 0.15) is 44.0 Å². The Kier molecular flexibility index (Phi) is 18.1. The van der Waals surface area contributed by atoms with Gasteiger partial charge in [-0.15, -0.1) is 15.3 Å². The fourth-order valence-corrected chi connectivity index (χ4v) is 9.63. The maximum Gasteiger partial charge on any atom is 2.00 e. The van der Waals surface area contributed by atoms with Crippen LogP contribution in [0, 0.1) is 13.8 Å². The number of ether oxygens (including phenoxy) is 2. The molecule has 0 atom stereocenters. The topological polar surface area (TPSA) is 284 Å². The number of aryl methyl sites for hydroxylation is 2. The summed E-state index contributed by atoms with van der Waals surface area (Å²) in [5.74, 6) is -1.89. The van der Waals surface area contributed by atoms with Crippen LogP contribution in [0.15, 0.2) is 169 Å². The molecule has 0 heterocycles. The van der Waals surface area contributed by atoms with E-state index in [1.807, 2.05) is 0 Å². The quantitative estimate of drug-likeness (QED) is 0.0292. The number of rotatable bonds is 12. The van der Waals surface area contributed by atoms with Crippen molar-refractivity contribution in [2.45, 2.75) is 23.6 Å². The number of aromatic hydroxyl groups is 1. The molecule has 0 bridgehead atoms. The van der Waals surface area contributed by atoms with Crippen molar-refractivity contribution in [2.24, 2.45) is 25.4 Å². The van der Waals surface area contributed by atoms with Gasteiger partial charge in [-0.3, -0.25) is 18.9 Å². The molecule has 0 radical (unpaired) electrons. The average molecular weight is 1190 g/mol. The van der Waals surface area contributed by atoms with Crippen molar-refractivity contribution in [3.63, 3.8) is 0 Å². The van der Waals surface area contributed by atoms with Crippen molar-refractivity contribution < 1.29 is 55.5 Å². The van der Waals surface area contributed by atoms with Gasteiger partial charge in [-0.05, 0) is 95.7 Å². The summed E-state index contributed by atoms with van der Waals surface area (Å²) in [5.41, 5.74) is 0.294. The van der Waals surface area contributed by atoms with Crippen molar-refractivity contribution in [3.05, 3.63) is 166 Å².